The predicted octanol–water partition coefficient (Wildman–Crippen LogP) is 3.49. The normalized spacial score (nSPS) is 14.5. The first-order valence-corrected chi connectivity index (χ1v) is 7.46. The van der Waals surface area contributed by atoms with Gasteiger partial charge in [-0.05, 0) is 29.2 Å². The van der Waals surface area contributed by atoms with Gasteiger partial charge in [-0.1, -0.05) is 48.5 Å². The molecule has 3 nitrogen and oxygen atoms in total. The van der Waals surface area contributed by atoms with Gasteiger partial charge in [-0.15, -0.1) is 0 Å². The van der Waals surface area contributed by atoms with Crippen LogP contribution in [0.4, 0.5) is 0 Å². The zero-order valence-corrected chi connectivity index (χ0v) is 12.7. The Bertz CT molecular complexity index is 657. The van der Waals surface area contributed by atoms with Crippen LogP contribution in [-0.4, -0.2) is 24.9 Å². The molecule has 1 amide bonds. The molecule has 0 aliphatic carbocycles. The van der Waals surface area contributed by atoms with Gasteiger partial charge in [-0.2, -0.15) is 0 Å². The van der Waals surface area contributed by atoms with Crippen molar-refractivity contribution >= 4 is 12.0 Å². The number of amides is 1. The highest BCUT2D eigenvalue weighted by Gasteiger charge is 2.17. The Hall–Kier alpha value is -2.55. The lowest BCUT2D eigenvalue weighted by Gasteiger charge is -2.12. The molecule has 0 N–H and O–H groups in total. The Morgan fingerprint density at radius 1 is 1.09 bits per heavy atom. The summed E-state index contributed by atoms with van der Waals surface area (Å²) in [5.41, 5.74) is 4.69. The summed E-state index contributed by atoms with van der Waals surface area (Å²) >= 11 is 0. The number of ether oxygens (including phenoxy) is 1. The lowest BCUT2D eigenvalue weighted by molar-refractivity contribution is -0.116. The number of benzene rings is 2. The van der Waals surface area contributed by atoms with E-state index in [1.807, 2.05) is 24.3 Å². The maximum absolute atomic E-state index is 10.7. The maximum Gasteiger partial charge on any atom is 0.209 e. The van der Waals surface area contributed by atoms with Gasteiger partial charge in [0.1, 0.15) is 12.4 Å². The van der Waals surface area contributed by atoms with E-state index < -0.39 is 0 Å². The van der Waals surface area contributed by atoms with Crippen molar-refractivity contribution in [2.45, 2.75) is 13.0 Å². The Balaban J connectivity index is 2.02. The Kier molecular flexibility index (Phi) is 4.24. The topological polar surface area (TPSA) is 29.5 Å². The number of para-hydroxylation sites is 1. The van der Waals surface area contributed by atoms with Gasteiger partial charge in [0.25, 0.3) is 0 Å². The Labute approximate surface area is 130 Å². The molecule has 1 aliphatic heterocycles. The number of nitrogens with zero attached hydrogens (tertiary/aromatic N) is 1. The quantitative estimate of drug-likeness (QED) is 0.808. The van der Waals surface area contributed by atoms with Crippen LogP contribution in [0.2, 0.25) is 0 Å². The molecule has 0 unspecified atom stereocenters. The summed E-state index contributed by atoms with van der Waals surface area (Å²) in [7, 11) is 1.80. The van der Waals surface area contributed by atoms with Crippen molar-refractivity contribution in [3.63, 3.8) is 0 Å². The average Bonchev–Trinajstić information content (AvgIpc) is 2.72. The van der Waals surface area contributed by atoms with Crippen LogP contribution >= 0.6 is 0 Å². The number of hydrogen-bond acceptors (Lipinski definition) is 2. The third-order valence-electron chi connectivity index (χ3n) is 3.88. The van der Waals surface area contributed by atoms with E-state index in [1.165, 1.54) is 16.7 Å². The van der Waals surface area contributed by atoms with Crippen molar-refractivity contribution < 1.29 is 9.53 Å². The van der Waals surface area contributed by atoms with Crippen LogP contribution in [0, 0.1) is 0 Å². The van der Waals surface area contributed by atoms with Crippen molar-refractivity contribution in [3.8, 4) is 5.75 Å². The highest BCUT2D eigenvalue weighted by Crippen LogP contribution is 2.36. The molecule has 112 valence electrons. The first-order chi connectivity index (χ1) is 10.8. The molecule has 1 heterocycles. The second-order valence-corrected chi connectivity index (χ2v) is 5.43. The highest BCUT2D eigenvalue weighted by molar-refractivity contribution is 5.84. The fourth-order valence-corrected chi connectivity index (χ4v) is 2.71. The second-order valence-electron chi connectivity index (χ2n) is 5.43. The molecule has 3 heteroatoms. The highest BCUT2D eigenvalue weighted by atomic mass is 16.5. The molecule has 0 aromatic heterocycles. The van der Waals surface area contributed by atoms with Gasteiger partial charge in [-0.25, -0.2) is 0 Å². The number of fused-ring (bicyclic) bond motifs is 2. The summed E-state index contributed by atoms with van der Waals surface area (Å²) < 4.78 is 5.95. The van der Waals surface area contributed by atoms with Crippen molar-refractivity contribution in [1.82, 2.24) is 4.90 Å². The number of carbonyl (C=O) groups is 1. The number of hydrogen-bond donors (Lipinski definition) is 0. The number of rotatable bonds is 4. The summed E-state index contributed by atoms with van der Waals surface area (Å²) in [5.74, 6) is 0.911. The van der Waals surface area contributed by atoms with Crippen LogP contribution < -0.4 is 4.74 Å². The molecule has 0 saturated heterocycles. The SMILES string of the molecule is CN(C=O)CCC=C1c2ccccc2COc2ccccc21. The molecule has 0 saturated carbocycles. The van der Waals surface area contributed by atoms with Crippen LogP contribution in [0.5, 0.6) is 5.75 Å². The van der Waals surface area contributed by atoms with Gasteiger partial charge in [0.05, 0.1) is 0 Å². The summed E-state index contributed by atoms with van der Waals surface area (Å²) in [4.78, 5) is 12.4. The minimum absolute atomic E-state index is 0.582. The molecule has 0 atom stereocenters. The first kappa shape index (κ1) is 14.4. The molecule has 2 aromatic carbocycles. The Morgan fingerprint density at radius 3 is 2.64 bits per heavy atom. The van der Waals surface area contributed by atoms with E-state index in [4.69, 9.17) is 4.74 Å². The third kappa shape index (κ3) is 2.89. The summed E-state index contributed by atoms with van der Waals surface area (Å²) in [6.07, 6.45) is 3.87. The van der Waals surface area contributed by atoms with E-state index in [0.717, 1.165) is 24.1 Å². The van der Waals surface area contributed by atoms with E-state index in [9.17, 15) is 4.79 Å². The van der Waals surface area contributed by atoms with Gasteiger partial charge in [0, 0.05) is 19.2 Å². The summed E-state index contributed by atoms with van der Waals surface area (Å²) in [6, 6.07) is 16.4. The van der Waals surface area contributed by atoms with Crippen LogP contribution in [0.1, 0.15) is 23.1 Å². The van der Waals surface area contributed by atoms with E-state index in [-0.39, 0.29) is 0 Å². The van der Waals surface area contributed by atoms with E-state index in [2.05, 4.69) is 30.3 Å². The smallest absolute Gasteiger partial charge is 0.209 e. The minimum atomic E-state index is 0.582. The zero-order chi connectivity index (χ0) is 15.4. The van der Waals surface area contributed by atoms with Crippen LogP contribution in [0.25, 0.3) is 5.57 Å². The third-order valence-corrected chi connectivity index (χ3v) is 3.88. The van der Waals surface area contributed by atoms with Gasteiger partial charge < -0.3 is 9.64 Å². The van der Waals surface area contributed by atoms with Crippen molar-refractivity contribution in [3.05, 3.63) is 71.3 Å². The fraction of sp³-hybridized carbons (Fsp3) is 0.211. The van der Waals surface area contributed by atoms with Crippen LogP contribution in [-0.2, 0) is 11.4 Å². The van der Waals surface area contributed by atoms with Gasteiger partial charge in [0.15, 0.2) is 0 Å². The summed E-state index contributed by atoms with van der Waals surface area (Å²) in [5, 5.41) is 0. The van der Waals surface area contributed by atoms with E-state index >= 15 is 0 Å². The molecular formula is C19H19NO2. The monoisotopic (exact) mass is 293 g/mol. The van der Waals surface area contributed by atoms with E-state index in [0.29, 0.717) is 13.2 Å². The Morgan fingerprint density at radius 2 is 1.82 bits per heavy atom. The van der Waals surface area contributed by atoms with Crippen molar-refractivity contribution in [1.29, 1.82) is 0 Å². The van der Waals surface area contributed by atoms with Crippen molar-refractivity contribution in [2.24, 2.45) is 0 Å². The molecule has 1 aliphatic rings. The van der Waals surface area contributed by atoms with Gasteiger partial charge in [-0.3, -0.25) is 4.79 Å². The standard InChI is InChI=1S/C19H19NO2/c1-20(14-21)12-6-10-17-16-8-3-2-7-15(16)13-22-19-11-5-4-9-18(17)19/h2-5,7-11,14H,6,12-13H2,1H3. The van der Waals surface area contributed by atoms with Crippen LogP contribution in [0.3, 0.4) is 0 Å². The molecule has 0 radical (unpaired) electrons. The lowest BCUT2D eigenvalue weighted by atomic mass is 9.93. The number of carbonyl (C=O) groups excluding carboxylic acids is 1. The minimum Gasteiger partial charge on any atom is -0.488 e. The zero-order valence-electron chi connectivity index (χ0n) is 12.7. The lowest BCUT2D eigenvalue weighted by Crippen LogP contribution is -2.16. The second kappa shape index (κ2) is 6.48. The molecule has 0 bridgehead atoms. The summed E-state index contributed by atoms with van der Waals surface area (Å²) in [6.45, 7) is 1.29. The average molecular weight is 293 g/mol. The van der Waals surface area contributed by atoms with E-state index in [1.54, 1.807) is 11.9 Å². The fourth-order valence-electron chi connectivity index (χ4n) is 2.71. The molecular weight excluding hydrogens is 274 g/mol. The predicted molar refractivity (Wildman–Crippen MR) is 87.6 cm³/mol. The first-order valence-electron chi connectivity index (χ1n) is 7.46. The van der Waals surface area contributed by atoms with Gasteiger partial charge in [0.2, 0.25) is 6.41 Å². The molecule has 22 heavy (non-hydrogen) atoms. The molecule has 3 rings (SSSR count). The maximum atomic E-state index is 10.7. The van der Waals surface area contributed by atoms with Crippen LogP contribution in [0.15, 0.2) is 54.6 Å². The molecule has 2 aromatic rings. The van der Waals surface area contributed by atoms with Gasteiger partial charge >= 0.3 is 0 Å². The molecule has 0 fully saturated rings. The van der Waals surface area contributed by atoms with Crippen molar-refractivity contribution in [2.75, 3.05) is 13.6 Å². The largest absolute Gasteiger partial charge is 0.488 e. The molecule has 0 spiro atoms.